The van der Waals surface area contributed by atoms with Crippen LogP contribution in [0.4, 0.5) is 0 Å². The van der Waals surface area contributed by atoms with E-state index in [1.54, 1.807) is 16.2 Å². The minimum atomic E-state index is -0.313. The molecular formula is C25H37N3O2S. The van der Waals surface area contributed by atoms with Crippen LogP contribution in [0.2, 0.25) is 0 Å². The Kier molecular flexibility index (Phi) is 10.2. The van der Waals surface area contributed by atoms with E-state index in [1.807, 2.05) is 38.4 Å². The maximum Gasteiger partial charge on any atom is 0.243 e. The lowest BCUT2D eigenvalue weighted by Crippen LogP contribution is -2.42. The Bertz CT molecular complexity index is 812. The third-order valence-corrected chi connectivity index (χ3v) is 6.70. The lowest BCUT2D eigenvalue weighted by molar-refractivity contribution is -0.131. The van der Waals surface area contributed by atoms with Gasteiger partial charge in [-0.2, -0.15) is 0 Å². The van der Waals surface area contributed by atoms with E-state index in [0.29, 0.717) is 13.1 Å². The Hall–Kier alpha value is -2.21. The van der Waals surface area contributed by atoms with Crippen LogP contribution in [0.1, 0.15) is 64.6 Å². The Morgan fingerprint density at radius 2 is 1.90 bits per heavy atom. The first-order chi connectivity index (χ1) is 15.0. The smallest absolute Gasteiger partial charge is 0.243 e. The minimum absolute atomic E-state index is 0.0722. The Morgan fingerprint density at radius 1 is 1.23 bits per heavy atom. The summed E-state index contributed by atoms with van der Waals surface area (Å²) < 4.78 is 0. The van der Waals surface area contributed by atoms with Crippen molar-refractivity contribution in [3.63, 3.8) is 0 Å². The summed E-state index contributed by atoms with van der Waals surface area (Å²) in [5.41, 5.74) is 5.06. The SMILES string of the molecule is CC.CC(C)C1CC1.Cc1ncsc1-c1ccc(CNC(=O)C2CCCN2C=O)cc1. The number of thiazole rings is 1. The molecule has 2 amide bonds. The molecule has 0 radical (unpaired) electrons. The van der Waals surface area contributed by atoms with Crippen molar-refractivity contribution in [1.82, 2.24) is 15.2 Å². The Labute approximate surface area is 191 Å². The lowest BCUT2D eigenvalue weighted by Gasteiger charge is -2.19. The fourth-order valence-corrected chi connectivity index (χ4v) is 4.43. The van der Waals surface area contributed by atoms with Crippen molar-refractivity contribution >= 4 is 23.7 Å². The molecule has 170 valence electrons. The summed E-state index contributed by atoms with van der Waals surface area (Å²) in [6.07, 6.45) is 5.40. The second-order valence-corrected chi connectivity index (χ2v) is 9.12. The maximum atomic E-state index is 12.2. The number of rotatable bonds is 6. The summed E-state index contributed by atoms with van der Waals surface area (Å²) >= 11 is 1.63. The van der Waals surface area contributed by atoms with Gasteiger partial charge in [-0.05, 0) is 55.6 Å². The van der Waals surface area contributed by atoms with Crippen LogP contribution < -0.4 is 5.32 Å². The average Bonchev–Trinajstić information content (AvgIpc) is 3.40. The standard InChI is InChI=1S/C17H19N3O2S.C6H12.C2H6/c1-12-16(23-10-19-12)14-6-4-13(5-7-14)9-18-17(22)15-3-2-8-20(15)11-21;1-5(2)6-3-4-6;1-2/h4-7,10-11,15H,2-3,8-9H2,1H3,(H,18,22);5-6H,3-4H2,1-2H3;1-2H3. The van der Waals surface area contributed by atoms with Crippen LogP contribution in [0.5, 0.6) is 0 Å². The third-order valence-electron chi connectivity index (χ3n) is 5.73. The zero-order valence-electron chi connectivity index (χ0n) is 19.6. The summed E-state index contributed by atoms with van der Waals surface area (Å²) in [4.78, 5) is 30.1. The van der Waals surface area contributed by atoms with Crippen molar-refractivity contribution in [3.8, 4) is 10.4 Å². The van der Waals surface area contributed by atoms with Crippen LogP contribution in [-0.4, -0.2) is 34.8 Å². The van der Waals surface area contributed by atoms with Crippen LogP contribution in [0.3, 0.4) is 0 Å². The largest absolute Gasteiger partial charge is 0.350 e. The van der Waals surface area contributed by atoms with Crippen molar-refractivity contribution < 1.29 is 9.59 Å². The van der Waals surface area contributed by atoms with Gasteiger partial charge >= 0.3 is 0 Å². The van der Waals surface area contributed by atoms with Crippen LogP contribution >= 0.6 is 11.3 Å². The van der Waals surface area contributed by atoms with Gasteiger partial charge in [0.05, 0.1) is 16.1 Å². The quantitative estimate of drug-likeness (QED) is 0.605. The zero-order chi connectivity index (χ0) is 22.8. The van der Waals surface area contributed by atoms with Crippen LogP contribution in [-0.2, 0) is 16.1 Å². The molecule has 1 aromatic carbocycles. The molecule has 1 atom stereocenters. The molecular weight excluding hydrogens is 406 g/mol. The number of aryl methyl sites for hydroxylation is 1. The summed E-state index contributed by atoms with van der Waals surface area (Å²) in [5.74, 6) is 1.99. The fourth-order valence-electron chi connectivity index (χ4n) is 3.62. The van der Waals surface area contributed by atoms with E-state index < -0.39 is 0 Å². The van der Waals surface area contributed by atoms with E-state index in [-0.39, 0.29) is 11.9 Å². The van der Waals surface area contributed by atoms with Gasteiger partial charge in [-0.1, -0.05) is 52.0 Å². The first kappa shape index (κ1) is 25.1. The number of hydrogen-bond donors (Lipinski definition) is 1. The molecule has 0 bridgehead atoms. The number of carbonyl (C=O) groups excluding carboxylic acids is 2. The van der Waals surface area contributed by atoms with E-state index in [0.717, 1.165) is 47.9 Å². The molecule has 1 aliphatic carbocycles. The molecule has 1 saturated carbocycles. The molecule has 6 heteroatoms. The second-order valence-electron chi connectivity index (χ2n) is 8.26. The molecule has 1 aromatic heterocycles. The number of nitrogens with zero attached hydrogens (tertiary/aromatic N) is 2. The molecule has 2 aliphatic rings. The van der Waals surface area contributed by atoms with Gasteiger partial charge in [0.2, 0.25) is 12.3 Å². The number of carbonyl (C=O) groups is 2. The predicted molar refractivity (Wildman–Crippen MR) is 129 cm³/mol. The van der Waals surface area contributed by atoms with Crippen molar-refractivity contribution in [2.45, 2.75) is 72.9 Å². The van der Waals surface area contributed by atoms with E-state index >= 15 is 0 Å². The van der Waals surface area contributed by atoms with Gasteiger partial charge in [0.15, 0.2) is 0 Å². The minimum Gasteiger partial charge on any atom is -0.350 e. The number of nitrogens with one attached hydrogen (secondary N) is 1. The first-order valence-electron chi connectivity index (χ1n) is 11.5. The lowest BCUT2D eigenvalue weighted by atomic mass is 10.1. The zero-order valence-corrected chi connectivity index (χ0v) is 20.4. The molecule has 1 aliphatic heterocycles. The average molecular weight is 444 g/mol. The second kappa shape index (κ2) is 12.6. The van der Waals surface area contributed by atoms with Gasteiger partial charge in [0.1, 0.15) is 6.04 Å². The van der Waals surface area contributed by atoms with Crippen molar-refractivity contribution in [2.24, 2.45) is 11.8 Å². The highest BCUT2D eigenvalue weighted by atomic mass is 32.1. The van der Waals surface area contributed by atoms with Crippen LogP contribution in [0.15, 0.2) is 29.8 Å². The highest BCUT2D eigenvalue weighted by molar-refractivity contribution is 7.13. The van der Waals surface area contributed by atoms with E-state index in [1.165, 1.54) is 17.7 Å². The van der Waals surface area contributed by atoms with Crippen molar-refractivity contribution in [3.05, 3.63) is 41.0 Å². The Morgan fingerprint density at radius 3 is 2.39 bits per heavy atom. The number of aromatic nitrogens is 1. The third kappa shape index (κ3) is 7.46. The molecule has 4 rings (SSSR count). The van der Waals surface area contributed by atoms with E-state index in [4.69, 9.17) is 0 Å². The highest BCUT2D eigenvalue weighted by Gasteiger charge is 2.29. The summed E-state index contributed by atoms with van der Waals surface area (Å²) in [6.45, 7) is 11.8. The molecule has 2 aromatic rings. The predicted octanol–water partition coefficient (Wildman–Crippen LogP) is 5.43. The molecule has 0 spiro atoms. The molecule has 2 fully saturated rings. The topological polar surface area (TPSA) is 62.3 Å². The first-order valence-corrected chi connectivity index (χ1v) is 12.4. The number of hydrogen-bond acceptors (Lipinski definition) is 4. The van der Waals surface area contributed by atoms with E-state index in [2.05, 4.69) is 36.3 Å². The summed E-state index contributed by atoms with van der Waals surface area (Å²) in [6, 6.07) is 7.82. The van der Waals surface area contributed by atoms with Gasteiger partial charge in [-0.15, -0.1) is 11.3 Å². The van der Waals surface area contributed by atoms with Crippen LogP contribution in [0, 0.1) is 18.8 Å². The van der Waals surface area contributed by atoms with Gasteiger partial charge in [-0.3, -0.25) is 9.59 Å². The van der Waals surface area contributed by atoms with Gasteiger partial charge in [0, 0.05) is 13.1 Å². The number of benzene rings is 1. The molecule has 31 heavy (non-hydrogen) atoms. The maximum absolute atomic E-state index is 12.2. The number of likely N-dealkylation sites (tertiary alicyclic amines) is 1. The molecule has 1 saturated heterocycles. The van der Waals surface area contributed by atoms with Gasteiger partial charge in [0.25, 0.3) is 0 Å². The molecule has 1 unspecified atom stereocenters. The molecule has 2 heterocycles. The summed E-state index contributed by atoms with van der Waals surface area (Å²) in [5, 5.41) is 2.92. The van der Waals surface area contributed by atoms with E-state index in [9.17, 15) is 9.59 Å². The molecule has 1 N–H and O–H groups in total. The van der Waals surface area contributed by atoms with Crippen molar-refractivity contribution in [1.29, 1.82) is 0 Å². The normalized spacial score (nSPS) is 17.4. The number of amides is 2. The fraction of sp³-hybridized carbons (Fsp3) is 0.560. The van der Waals surface area contributed by atoms with Gasteiger partial charge < -0.3 is 10.2 Å². The van der Waals surface area contributed by atoms with Crippen LogP contribution in [0.25, 0.3) is 10.4 Å². The molecule has 5 nitrogen and oxygen atoms in total. The Balaban J connectivity index is 0.000000363. The van der Waals surface area contributed by atoms with Crippen molar-refractivity contribution in [2.75, 3.05) is 6.54 Å². The summed E-state index contributed by atoms with van der Waals surface area (Å²) in [7, 11) is 0. The monoisotopic (exact) mass is 443 g/mol. The van der Waals surface area contributed by atoms with Gasteiger partial charge in [-0.25, -0.2) is 4.98 Å². The highest BCUT2D eigenvalue weighted by Crippen LogP contribution is 2.35.